The molecule has 28 heavy (non-hydrogen) atoms. The third-order valence-electron chi connectivity index (χ3n) is 5.29. The standard InChI is InChI=1S/C22H22BrN3O2/c1-15-6-8-16(9-7-15)19-20(25-12-10-24(2)11-13-25)22(28)26(21(19)27)18-5-3-4-17(23)14-18/h3-9,14H,10-13H2,1-2H3. The Morgan fingerprint density at radius 3 is 2.21 bits per heavy atom. The van der Waals surface area contributed by atoms with Gasteiger partial charge in [-0.05, 0) is 37.7 Å². The van der Waals surface area contributed by atoms with Crippen molar-refractivity contribution in [2.75, 3.05) is 38.1 Å². The zero-order chi connectivity index (χ0) is 19.8. The summed E-state index contributed by atoms with van der Waals surface area (Å²) in [7, 11) is 2.07. The summed E-state index contributed by atoms with van der Waals surface area (Å²) in [6.45, 7) is 5.19. The van der Waals surface area contributed by atoms with Gasteiger partial charge in [0.1, 0.15) is 5.70 Å². The van der Waals surface area contributed by atoms with Gasteiger partial charge in [-0.3, -0.25) is 9.59 Å². The maximum atomic E-state index is 13.4. The van der Waals surface area contributed by atoms with E-state index in [0.717, 1.165) is 41.8 Å². The van der Waals surface area contributed by atoms with Crippen molar-refractivity contribution in [3.63, 3.8) is 0 Å². The van der Waals surface area contributed by atoms with E-state index < -0.39 is 0 Å². The molecule has 0 bridgehead atoms. The molecule has 0 unspecified atom stereocenters. The van der Waals surface area contributed by atoms with Crippen LogP contribution in [0.3, 0.4) is 0 Å². The molecule has 5 nitrogen and oxygen atoms in total. The molecule has 144 valence electrons. The fourth-order valence-corrected chi connectivity index (χ4v) is 4.06. The van der Waals surface area contributed by atoms with Crippen molar-refractivity contribution in [2.24, 2.45) is 0 Å². The van der Waals surface area contributed by atoms with Crippen molar-refractivity contribution in [3.05, 3.63) is 69.8 Å². The molecular formula is C22H22BrN3O2. The first kappa shape index (κ1) is 18.9. The van der Waals surface area contributed by atoms with Gasteiger partial charge in [-0.15, -0.1) is 0 Å². The van der Waals surface area contributed by atoms with Gasteiger partial charge in [0.15, 0.2) is 0 Å². The molecule has 0 atom stereocenters. The van der Waals surface area contributed by atoms with Crippen molar-refractivity contribution in [2.45, 2.75) is 6.92 Å². The van der Waals surface area contributed by atoms with Crippen LogP contribution in [0.2, 0.25) is 0 Å². The predicted molar refractivity (Wildman–Crippen MR) is 114 cm³/mol. The van der Waals surface area contributed by atoms with E-state index in [2.05, 4.69) is 32.8 Å². The van der Waals surface area contributed by atoms with Crippen LogP contribution in [0.4, 0.5) is 5.69 Å². The summed E-state index contributed by atoms with van der Waals surface area (Å²) in [6.07, 6.45) is 0. The number of aryl methyl sites for hydroxylation is 1. The van der Waals surface area contributed by atoms with E-state index in [0.29, 0.717) is 17.0 Å². The van der Waals surface area contributed by atoms with Gasteiger partial charge in [0.25, 0.3) is 11.8 Å². The van der Waals surface area contributed by atoms with Gasteiger partial charge in [-0.1, -0.05) is 51.8 Å². The van der Waals surface area contributed by atoms with E-state index in [1.54, 1.807) is 12.1 Å². The van der Waals surface area contributed by atoms with Crippen LogP contribution >= 0.6 is 15.9 Å². The molecule has 2 aromatic rings. The Bertz CT molecular complexity index is 960. The SMILES string of the molecule is Cc1ccc(C2=C(N3CCN(C)CC3)C(=O)N(c3cccc(Br)c3)C2=O)cc1. The molecule has 2 aliphatic heterocycles. The van der Waals surface area contributed by atoms with Gasteiger partial charge < -0.3 is 9.80 Å². The molecular weight excluding hydrogens is 418 g/mol. The first-order valence-electron chi connectivity index (χ1n) is 9.35. The van der Waals surface area contributed by atoms with Gasteiger partial charge >= 0.3 is 0 Å². The van der Waals surface area contributed by atoms with Crippen LogP contribution in [0.1, 0.15) is 11.1 Å². The topological polar surface area (TPSA) is 43.9 Å². The second kappa shape index (κ2) is 7.53. The van der Waals surface area contributed by atoms with Crippen LogP contribution in [0, 0.1) is 6.92 Å². The predicted octanol–water partition coefficient (Wildman–Crippen LogP) is 3.29. The normalized spacial score (nSPS) is 18.4. The lowest BCUT2D eigenvalue weighted by Crippen LogP contribution is -2.46. The number of likely N-dealkylation sites (N-methyl/N-ethyl adjacent to an activating group) is 1. The average Bonchev–Trinajstić information content (AvgIpc) is 2.93. The highest BCUT2D eigenvalue weighted by molar-refractivity contribution is 9.10. The fourth-order valence-electron chi connectivity index (χ4n) is 3.67. The Balaban J connectivity index is 1.81. The van der Waals surface area contributed by atoms with E-state index in [9.17, 15) is 9.59 Å². The largest absolute Gasteiger partial charge is 0.364 e. The highest BCUT2D eigenvalue weighted by Crippen LogP contribution is 2.35. The van der Waals surface area contributed by atoms with Crippen LogP contribution in [0.5, 0.6) is 0 Å². The third-order valence-corrected chi connectivity index (χ3v) is 5.78. The lowest BCUT2D eigenvalue weighted by molar-refractivity contribution is -0.120. The number of halogens is 1. The van der Waals surface area contributed by atoms with Crippen LogP contribution < -0.4 is 4.90 Å². The average molecular weight is 440 g/mol. The first-order valence-corrected chi connectivity index (χ1v) is 10.1. The Hall–Kier alpha value is -2.44. The molecule has 6 heteroatoms. The second-order valence-corrected chi connectivity index (χ2v) is 8.22. The summed E-state index contributed by atoms with van der Waals surface area (Å²) in [4.78, 5) is 32.5. The van der Waals surface area contributed by atoms with E-state index >= 15 is 0 Å². The number of carbonyl (C=O) groups is 2. The van der Waals surface area contributed by atoms with Crippen molar-refractivity contribution in [1.29, 1.82) is 0 Å². The number of nitrogens with zero attached hydrogens (tertiary/aromatic N) is 3. The van der Waals surface area contributed by atoms with E-state index in [4.69, 9.17) is 0 Å². The number of carbonyl (C=O) groups excluding carboxylic acids is 2. The molecule has 0 radical (unpaired) electrons. The number of imide groups is 1. The molecule has 1 fully saturated rings. The van der Waals surface area contributed by atoms with E-state index in [1.165, 1.54) is 4.90 Å². The number of rotatable bonds is 3. The Labute approximate surface area is 173 Å². The maximum absolute atomic E-state index is 13.4. The number of hydrogen-bond acceptors (Lipinski definition) is 4. The molecule has 0 spiro atoms. The summed E-state index contributed by atoms with van der Waals surface area (Å²) in [6, 6.07) is 15.1. The lowest BCUT2D eigenvalue weighted by atomic mass is 10.0. The van der Waals surface area contributed by atoms with Gasteiger partial charge in [0.2, 0.25) is 0 Å². The van der Waals surface area contributed by atoms with Gasteiger partial charge in [-0.25, -0.2) is 4.90 Å². The van der Waals surface area contributed by atoms with Gasteiger partial charge in [0, 0.05) is 30.7 Å². The number of anilines is 1. The highest BCUT2D eigenvalue weighted by Gasteiger charge is 2.42. The Kier molecular flexibility index (Phi) is 5.08. The molecule has 2 amide bonds. The number of hydrogen-bond donors (Lipinski definition) is 0. The van der Waals surface area contributed by atoms with Crippen molar-refractivity contribution < 1.29 is 9.59 Å². The summed E-state index contributed by atoms with van der Waals surface area (Å²) in [5.41, 5.74) is 3.50. The molecule has 4 rings (SSSR count). The molecule has 2 heterocycles. The summed E-state index contributed by atoms with van der Waals surface area (Å²) in [5.74, 6) is -0.510. The minimum absolute atomic E-state index is 0.247. The molecule has 0 aliphatic carbocycles. The number of benzene rings is 2. The highest BCUT2D eigenvalue weighted by atomic mass is 79.9. The third kappa shape index (κ3) is 3.38. The van der Waals surface area contributed by atoms with Gasteiger partial charge in [0.05, 0.1) is 11.3 Å². The molecule has 0 N–H and O–H groups in total. The lowest BCUT2D eigenvalue weighted by Gasteiger charge is -2.34. The number of amides is 2. The maximum Gasteiger partial charge on any atom is 0.282 e. The summed E-state index contributed by atoms with van der Waals surface area (Å²) < 4.78 is 0.829. The number of piperazine rings is 1. The zero-order valence-electron chi connectivity index (χ0n) is 16.0. The molecule has 2 aromatic carbocycles. The zero-order valence-corrected chi connectivity index (χ0v) is 17.6. The fraction of sp³-hybridized carbons (Fsp3) is 0.273. The van der Waals surface area contributed by atoms with Crippen LogP contribution in [-0.2, 0) is 9.59 Å². The Morgan fingerprint density at radius 2 is 1.57 bits per heavy atom. The van der Waals surface area contributed by atoms with Crippen LogP contribution in [0.25, 0.3) is 5.57 Å². The van der Waals surface area contributed by atoms with Crippen molar-refractivity contribution in [3.8, 4) is 0 Å². The van der Waals surface area contributed by atoms with E-state index in [1.807, 2.05) is 43.3 Å². The molecule has 0 aromatic heterocycles. The first-order chi connectivity index (χ1) is 13.5. The minimum atomic E-state index is -0.263. The summed E-state index contributed by atoms with van der Waals surface area (Å²) in [5, 5.41) is 0. The van der Waals surface area contributed by atoms with Crippen molar-refractivity contribution >= 4 is 39.0 Å². The van der Waals surface area contributed by atoms with Crippen LogP contribution in [-0.4, -0.2) is 54.8 Å². The molecule has 0 saturated carbocycles. The summed E-state index contributed by atoms with van der Waals surface area (Å²) >= 11 is 3.44. The quantitative estimate of drug-likeness (QED) is 0.688. The van der Waals surface area contributed by atoms with Crippen LogP contribution in [0.15, 0.2) is 58.7 Å². The minimum Gasteiger partial charge on any atom is -0.364 e. The van der Waals surface area contributed by atoms with E-state index in [-0.39, 0.29) is 11.8 Å². The monoisotopic (exact) mass is 439 g/mol. The molecule has 2 aliphatic rings. The molecule has 1 saturated heterocycles. The Morgan fingerprint density at radius 1 is 0.893 bits per heavy atom. The smallest absolute Gasteiger partial charge is 0.282 e. The van der Waals surface area contributed by atoms with Gasteiger partial charge in [-0.2, -0.15) is 0 Å². The van der Waals surface area contributed by atoms with Crippen molar-refractivity contribution in [1.82, 2.24) is 9.80 Å². The second-order valence-electron chi connectivity index (χ2n) is 7.31.